The molecule has 0 saturated carbocycles. The van der Waals surface area contributed by atoms with Gasteiger partial charge in [-0.15, -0.1) is 0 Å². The first-order valence-corrected chi connectivity index (χ1v) is 9.99. The van der Waals surface area contributed by atoms with Gasteiger partial charge in [0.05, 0.1) is 17.2 Å². The smallest absolute Gasteiger partial charge is 0.222 e. The molecule has 1 aliphatic heterocycles. The van der Waals surface area contributed by atoms with Crippen molar-refractivity contribution < 1.29 is 4.79 Å². The van der Waals surface area contributed by atoms with Crippen LogP contribution in [0.2, 0.25) is 0 Å². The number of rotatable bonds is 6. The standard InChI is InChI=1S/C21H26N6O/c1-2-19-25-17-5-3-4-6-18(17)27(19)14-9-21(28)24-16-7-12-26(13-8-16)20-15-22-10-11-23-20/h3-6,10-11,15-16H,2,7-9,12-14H2,1H3,(H,24,28). The molecule has 0 radical (unpaired) electrons. The van der Waals surface area contributed by atoms with Gasteiger partial charge in [-0.2, -0.15) is 0 Å². The lowest BCUT2D eigenvalue weighted by atomic mass is 10.0. The predicted molar refractivity (Wildman–Crippen MR) is 109 cm³/mol. The van der Waals surface area contributed by atoms with Crippen molar-refractivity contribution in [1.82, 2.24) is 24.8 Å². The first-order valence-electron chi connectivity index (χ1n) is 9.99. The molecule has 0 spiro atoms. The van der Waals surface area contributed by atoms with E-state index in [0.29, 0.717) is 13.0 Å². The fourth-order valence-electron chi connectivity index (χ4n) is 3.87. The van der Waals surface area contributed by atoms with Crippen LogP contribution in [0.3, 0.4) is 0 Å². The summed E-state index contributed by atoms with van der Waals surface area (Å²) in [5.41, 5.74) is 2.10. The highest BCUT2D eigenvalue weighted by Crippen LogP contribution is 2.18. The normalized spacial score (nSPS) is 15.1. The zero-order valence-electron chi connectivity index (χ0n) is 16.2. The van der Waals surface area contributed by atoms with Crippen LogP contribution in [0.1, 0.15) is 32.0 Å². The fourth-order valence-corrected chi connectivity index (χ4v) is 3.87. The van der Waals surface area contributed by atoms with Gasteiger partial charge in [-0.25, -0.2) is 9.97 Å². The first-order chi connectivity index (χ1) is 13.7. The Morgan fingerprint density at radius 1 is 1.21 bits per heavy atom. The van der Waals surface area contributed by atoms with Crippen molar-refractivity contribution in [3.05, 3.63) is 48.7 Å². The molecule has 3 aromatic rings. The van der Waals surface area contributed by atoms with Crippen LogP contribution < -0.4 is 10.2 Å². The maximum atomic E-state index is 12.5. The Hall–Kier alpha value is -2.96. The molecule has 7 nitrogen and oxygen atoms in total. The van der Waals surface area contributed by atoms with Gasteiger partial charge in [0.15, 0.2) is 0 Å². The van der Waals surface area contributed by atoms with Crippen LogP contribution in [0.15, 0.2) is 42.9 Å². The first kappa shape index (κ1) is 18.4. The van der Waals surface area contributed by atoms with Crippen LogP contribution in [0.4, 0.5) is 5.82 Å². The van der Waals surface area contributed by atoms with Crippen molar-refractivity contribution in [1.29, 1.82) is 0 Å². The zero-order valence-corrected chi connectivity index (χ0v) is 16.2. The molecular formula is C21H26N6O. The minimum Gasteiger partial charge on any atom is -0.355 e. The van der Waals surface area contributed by atoms with E-state index in [1.807, 2.05) is 18.2 Å². The van der Waals surface area contributed by atoms with Gasteiger partial charge in [-0.05, 0) is 25.0 Å². The number of nitrogens with zero attached hydrogens (tertiary/aromatic N) is 5. The van der Waals surface area contributed by atoms with E-state index in [1.165, 1.54) is 0 Å². The third-order valence-corrected chi connectivity index (χ3v) is 5.35. The molecule has 1 saturated heterocycles. The van der Waals surface area contributed by atoms with Gasteiger partial charge in [-0.1, -0.05) is 19.1 Å². The zero-order chi connectivity index (χ0) is 19.3. The molecule has 7 heteroatoms. The van der Waals surface area contributed by atoms with Crippen LogP contribution in [0, 0.1) is 0 Å². The van der Waals surface area contributed by atoms with Crippen LogP contribution in [0.25, 0.3) is 11.0 Å². The number of benzene rings is 1. The summed E-state index contributed by atoms with van der Waals surface area (Å²) in [7, 11) is 0. The molecule has 0 aliphatic carbocycles. The van der Waals surface area contributed by atoms with E-state index >= 15 is 0 Å². The van der Waals surface area contributed by atoms with Crippen molar-refractivity contribution in [2.75, 3.05) is 18.0 Å². The Morgan fingerprint density at radius 2 is 2.04 bits per heavy atom. The van der Waals surface area contributed by atoms with E-state index in [1.54, 1.807) is 18.6 Å². The van der Waals surface area contributed by atoms with Crippen LogP contribution >= 0.6 is 0 Å². The number of carbonyl (C=O) groups excluding carboxylic acids is 1. The Morgan fingerprint density at radius 3 is 2.79 bits per heavy atom. The summed E-state index contributed by atoms with van der Waals surface area (Å²) in [5.74, 6) is 2.05. The number of nitrogens with one attached hydrogen (secondary N) is 1. The number of aromatic nitrogens is 4. The van der Waals surface area contributed by atoms with Crippen LogP contribution in [-0.4, -0.2) is 44.6 Å². The topological polar surface area (TPSA) is 75.9 Å². The number of aryl methyl sites for hydroxylation is 2. The Labute approximate surface area is 164 Å². The summed E-state index contributed by atoms with van der Waals surface area (Å²) in [5, 5.41) is 3.20. The molecule has 0 unspecified atom stereocenters. The maximum Gasteiger partial charge on any atom is 0.222 e. The number of anilines is 1. The lowest BCUT2D eigenvalue weighted by molar-refractivity contribution is -0.122. The van der Waals surface area contributed by atoms with Crippen molar-refractivity contribution in [2.24, 2.45) is 0 Å². The monoisotopic (exact) mass is 378 g/mol. The van der Waals surface area contributed by atoms with Gasteiger partial charge in [0.2, 0.25) is 5.91 Å². The number of hydrogen-bond acceptors (Lipinski definition) is 5. The molecule has 1 aliphatic rings. The average molecular weight is 378 g/mol. The average Bonchev–Trinajstić information content (AvgIpc) is 3.11. The van der Waals surface area contributed by atoms with E-state index in [9.17, 15) is 4.79 Å². The van der Waals surface area contributed by atoms with Crippen LogP contribution in [0.5, 0.6) is 0 Å². The van der Waals surface area contributed by atoms with Crippen molar-refractivity contribution in [2.45, 2.75) is 45.2 Å². The number of fused-ring (bicyclic) bond motifs is 1. The number of imidazole rings is 1. The molecule has 1 fully saturated rings. The van der Waals surface area contributed by atoms with Gasteiger partial charge in [-0.3, -0.25) is 9.78 Å². The van der Waals surface area contributed by atoms with Gasteiger partial charge in [0.25, 0.3) is 0 Å². The Balaban J connectivity index is 1.30. The van der Waals surface area contributed by atoms with Gasteiger partial charge in [0, 0.05) is 50.9 Å². The molecule has 1 amide bonds. The highest BCUT2D eigenvalue weighted by molar-refractivity contribution is 5.78. The fraction of sp³-hybridized carbons (Fsp3) is 0.429. The molecule has 4 rings (SSSR count). The number of piperidine rings is 1. The lowest BCUT2D eigenvalue weighted by Crippen LogP contribution is -2.45. The number of para-hydroxylation sites is 2. The number of carbonyl (C=O) groups is 1. The van der Waals surface area contributed by atoms with E-state index < -0.39 is 0 Å². The minimum absolute atomic E-state index is 0.109. The van der Waals surface area contributed by atoms with Crippen molar-refractivity contribution >= 4 is 22.8 Å². The van der Waals surface area contributed by atoms with Gasteiger partial charge >= 0.3 is 0 Å². The highest BCUT2D eigenvalue weighted by Gasteiger charge is 2.21. The molecule has 1 N–H and O–H groups in total. The van der Waals surface area contributed by atoms with Crippen molar-refractivity contribution in [3.63, 3.8) is 0 Å². The Bertz CT molecular complexity index is 930. The highest BCUT2D eigenvalue weighted by atomic mass is 16.1. The quantitative estimate of drug-likeness (QED) is 0.713. The SMILES string of the molecule is CCc1nc2ccccc2n1CCC(=O)NC1CCN(c2cnccn2)CC1. The molecule has 1 aromatic carbocycles. The van der Waals surface area contributed by atoms with Crippen molar-refractivity contribution in [3.8, 4) is 0 Å². The lowest BCUT2D eigenvalue weighted by Gasteiger charge is -2.32. The largest absolute Gasteiger partial charge is 0.355 e. The third kappa shape index (κ3) is 3.98. The van der Waals surface area contributed by atoms with E-state index in [2.05, 4.69) is 42.7 Å². The predicted octanol–water partition coefficient (Wildman–Crippen LogP) is 2.56. The number of amides is 1. The summed E-state index contributed by atoms with van der Waals surface area (Å²) in [6.45, 7) is 4.53. The second kappa shape index (κ2) is 8.37. The summed E-state index contributed by atoms with van der Waals surface area (Å²) in [4.78, 5) is 27.9. The molecule has 146 valence electrons. The summed E-state index contributed by atoms with van der Waals surface area (Å²) in [6, 6.07) is 8.34. The van der Waals surface area contributed by atoms with Gasteiger partial charge in [0.1, 0.15) is 11.6 Å². The van der Waals surface area contributed by atoms with Crippen LogP contribution in [-0.2, 0) is 17.8 Å². The summed E-state index contributed by atoms with van der Waals surface area (Å²) < 4.78 is 2.17. The van der Waals surface area contributed by atoms with Gasteiger partial charge < -0.3 is 14.8 Å². The molecule has 28 heavy (non-hydrogen) atoms. The number of hydrogen-bond donors (Lipinski definition) is 1. The summed E-state index contributed by atoms with van der Waals surface area (Å²) >= 11 is 0. The molecular weight excluding hydrogens is 352 g/mol. The van der Waals surface area contributed by atoms with E-state index in [0.717, 1.165) is 55.0 Å². The maximum absolute atomic E-state index is 12.5. The molecule has 2 aromatic heterocycles. The van der Waals surface area contributed by atoms with E-state index in [-0.39, 0.29) is 11.9 Å². The van der Waals surface area contributed by atoms with E-state index in [4.69, 9.17) is 0 Å². The Kier molecular flexibility index (Phi) is 5.50. The summed E-state index contributed by atoms with van der Waals surface area (Å²) in [6.07, 6.45) is 8.37. The second-order valence-electron chi connectivity index (χ2n) is 7.16. The molecule has 0 bridgehead atoms. The molecule has 3 heterocycles. The third-order valence-electron chi connectivity index (χ3n) is 5.35. The molecule has 0 atom stereocenters. The second-order valence-corrected chi connectivity index (χ2v) is 7.16. The minimum atomic E-state index is 0.109.